The van der Waals surface area contributed by atoms with E-state index in [9.17, 15) is 4.79 Å². The summed E-state index contributed by atoms with van der Waals surface area (Å²) in [7, 11) is 0. The number of piperidine rings is 1. The zero-order valence-corrected chi connectivity index (χ0v) is 13.8. The normalized spacial score (nSPS) is 19.8. The number of hydrogen-bond acceptors (Lipinski definition) is 4. The molecule has 5 heteroatoms. The maximum Gasteiger partial charge on any atom is 0.409 e. The van der Waals surface area contributed by atoms with Crippen LogP contribution < -0.4 is 5.32 Å². The second-order valence-corrected chi connectivity index (χ2v) is 6.09. The molecule has 0 aromatic carbocycles. The molecule has 2 atom stereocenters. The first-order valence-corrected chi connectivity index (χ1v) is 8.15. The molecule has 1 aliphatic rings. The van der Waals surface area contributed by atoms with Crippen molar-refractivity contribution >= 4 is 6.09 Å². The van der Waals surface area contributed by atoms with E-state index >= 15 is 0 Å². The molecule has 0 bridgehead atoms. The van der Waals surface area contributed by atoms with Crippen molar-refractivity contribution in [3.8, 4) is 0 Å². The van der Waals surface area contributed by atoms with Crippen LogP contribution in [0, 0.1) is 12.8 Å². The van der Waals surface area contributed by atoms with Crippen molar-refractivity contribution in [1.29, 1.82) is 0 Å². The second-order valence-electron chi connectivity index (χ2n) is 6.09. The molecule has 0 radical (unpaired) electrons. The van der Waals surface area contributed by atoms with Crippen LogP contribution in [-0.2, 0) is 11.3 Å². The first-order valence-electron chi connectivity index (χ1n) is 8.15. The zero-order valence-electron chi connectivity index (χ0n) is 13.8. The molecule has 1 saturated heterocycles. The van der Waals surface area contributed by atoms with E-state index in [0.29, 0.717) is 18.6 Å². The maximum atomic E-state index is 11.9. The summed E-state index contributed by atoms with van der Waals surface area (Å²) in [5.74, 6) is 0.468. The Hall–Kier alpha value is -1.62. The van der Waals surface area contributed by atoms with Gasteiger partial charge < -0.3 is 15.0 Å². The fourth-order valence-corrected chi connectivity index (χ4v) is 2.96. The number of nitrogens with zero attached hydrogens (tertiary/aromatic N) is 2. The van der Waals surface area contributed by atoms with E-state index in [1.807, 2.05) is 24.2 Å². The van der Waals surface area contributed by atoms with Gasteiger partial charge >= 0.3 is 6.09 Å². The van der Waals surface area contributed by atoms with Crippen LogP contribution in [0.4, 0.5) is 4.79 Å². The fourth-order valence-electron chi connectivity index (χ4n) is 2.96. The summed E-state index contributed by atoms with van der Waals surface area (Å²) in [6.07, 6.45) is 5.78. The van der Waals surface area contributed by atoms with Gasteiger partial charge in [-0.1, -0.05) is 6.07 Å². The number of nitrogens with one attached hydrogen (secondary N) is 1. The van der Waals surface area contributed by atoms with Gasteiger partial charge in [-0.2, -0.15) is 0 Å². The van der Waals surface area contributed by atoms with Crippen molar-refractivity contribution in [2.24, 2.45) is 5.92 Å². The predicted octanol–water partition coefficient (Wildman–Crippen LogP) is 2.74. The van der Waals surface area contributed by atoms with Gasteiger partial charge in [0.1, 0.15) is 0 Å². The quantitative estimate of drug-likeness (QED) is 0.909. The third kappa shape index (κ3) is 4.70. The lowest BCUT2D eigenvalue weighted by atomic mass is 9.91. The molecule has 2 heterocycles. The number of aryl methyl sites for hydroxylation is 1. The topological polar surface area (TPSA) is 54.5 Å². The minimum Gasteiger partial charge on any atom is -0.450 e. The standard InChI is InChI=1S/C17H27N3O2/c1-4-22-17(21)20-7-5-6-16(12-20)14(3)19-11-15-8-13(2)9-18-10-15/h8-10,14,16,19H,4-7,11-12H2,1-3H3. The molecule has 0 saturated carbocycles. The number of rotatable bonds is 5. The minimum absolute atomic E-state index is 0.178. The molecular formula is C17H27N3O2. The van der Waals surface area contributed by atoms with Gasteiger partial charge in [-0.25, -0.2) is 4.79 Å². The molecule has 1 N–H and O–H groups in total. The fraction of sp³-hybridized carbons (Fsp3) is 0.647. The molecule has 1 aromatic rings. The Bertz CT molecular complexity index is 493. The van der Waals surface area contributed by atoms with E-state index in [0.717, 1.165) is 32.5 Å². The van der Waals surface area contributed by atoms with Crippen molar-refractivity contribution in [2.45, 2.75) is 46.2 Å². The van der Waals surface area contributed by atoms with E-state index in [1.165, 1.54) is 11.1 Å². The molecule has 0 aliphatic carbocycles. The number of aromatic nitrogens is 1. The van der Waals surface area contributed by atoms with Crippen LogP contribution in [0.2, 0.25) is 0 Å². The number of carbonyl (C=O) groups is 1. The smallest absolute Gasteiger partial charge is 0.409 e. The van der Waals surface area contributed by atoms with Gasteiger partial charge in [-0.3, -0.25) is 4.98 Å². The summed E-state index contributed by atoms with van der Waals surface area (Å²) in [4.78, 5) is 17.9. The molecule has 1 fully saturated rings. The van der Waals surface area contributed by atoms with E-state index < -0.39 is 0 Å². The van der Waals surface area contributed by atoms with Crippen LogP contribution in [0.25, 0.3) is 0 Å². The zero-order chi connectivity index (χ0) is 15.9. The average Bonchev–Trinajstić information content (AvgIpc) is 2.53. The van der Waals surface area contributed by atoms with Crippen molar-refractivity contribution < 1.29 is 9.53 Å². The van der Waals surface area contributed by atoms with E-state index in [-0.39, 0.29) is 6.09 Å². The van der Waals surface area contributed by atoms with Crippen LogP contribution in [0.3, 0.4) is 0 Å². The summed E-state index contributed by atoms with van der Waals surface area (Å²) in [6.45, 7) is 8.93. The first-order chi connectivity index (χ1) is 10.6. The molecule has 22 heavy (non-hydrogen) atoms. The number of amides is 1. The third-order valence-electron chi connectivity index (χ3n) is 4.25. The number of pyridine rings is 1. The Balaban J connectivity index is 1.83. The molecule has 2 rings (SSSR count). The Morgan fingerprint density at radius 3 is 3.09 bits per heavy atom. The molecule has 1 aliphatic heterocycles. The van der Waals surface area contributed by atoms with Crippen molar-refractivity contribution in [1.82, 2.24) is 15.2 Å². The maximum absolute atomic E-state index is 11.9. The third-order valence-corrected chi connectivity index (χ3v) is 4.25. The molecule has 5 nitrogen and oxygen atoms in total. The summed E-state index contributed by atoms with van der Waals surface area (Å²) in [5.41, 5.74) is 2.38. The van der Waals surface area contributed by atoms with Crippen molar-refractivity contribution in [3.63, 3.8) is 0 Å². The highest BCUT2D eigenvalue weighted by Gasteiger charge is 2.27. The Morgan fingerprint density at radius 2 is 2.36 bits per heavy atom. The average molecular weight is 305 g/mol. The highest BCUT2D eigenvalue weighted by Crippen LogP contribution is 2.20. The number of hydrogen-bond donors (Lipinski definition) is 1. The van der Waals surface area contributed by atoms with Crippen LogP contribution >= 0.6 is 0 Å². The Morgan fingerprint density at radius 1 is 1.55 bits per heavy atom. The Labute approximate surface area is 133 Å². The predicted molar refractivity (Wildman–Crippen MR) is 86.6 cm³/mol. The van der Waals surface area contributed by atoms with E-state index in [4.69, 9.17) is 4.74 Å². The van der Waals surface area contributed by atoms with Crippen molar-refractivity contribution in [2.75, 3.05) is 19.7 Å². The van der Waals surface area contributed by atoms with Crippen LogP contribution in [-0.4, -0.2) is 41.7 Å². The number of likely N-dealkylation sites (tertiary alicyclic amines) is 1. The summed E-state index contributed by atoms with van der Waals surface area (Å²) in [6, 6.07) is 2.51. The van der Waals surface area contributed by atoms with Crippen LogP contribution in [0.1, 0.15) is 37.8 Å². The number of ether oxygens (including phenoxy) is 1. The lowest BCUT2D eigenvalue weighted by Crippen LogP contribution is -2.46. The second kappa shape index (κ2) is 8.13. The highest BCUT2D eigenvalue weighted by atomic mass is 16.6. The largest absolute Gasteiger partial charge is 0.450 e. The molecule has 122 valence electrons. The molecular weight excluding hydrogens is 278 g/mol. The van der Waals surface area contributed by atoms with Gasteiger partial charge in [0.05, 0.1) is 6.61 Å². The van der Waals surface area contributed by atoms with E-state index in [2.05, 4.69) is 30.2 Å². The Kier molecular flexibility index (Phi) is 6.19. The van der Waals surface area contributed by atoms with Gasteiger partial charge in [0.2, 0.25) is 0 Å². The minimum atomic E-state index is -0.178. The monoisotopic (exact) mass is 305 g/mol. The number of carbonyl (C=O) groups excluding carboxylic acids is 1. The highest BCUT2D eigenvalue weighted by molar-refractivity contribution is 5.67. The van der Waals surface area contributed by atoms with Gasteiger partial charge in [-0.05, 0) is 50.7 Å². The van der Waals surface area contributed by atoms with Crippen LogP contribution in [0.5, 0.6) is 0 Å². The first kappa shape index (κ1) is 16.7. The van der Waals surface area contributed by atoms with Crippen molar-refractivity contribution in [3.05, 3.63) is 29.6 Å². The summed E-state index contributed by atoms with van der Waals surface area (Å²) < 4.78 is 5.11. The lowest BCUT2D eigenvalue weighted by Gasteiger charge is -2.35. The molecule has 1 amide bonds. The lowest BCUT2D eigenvalue weighted by molar-refractivity contribution is 0.0830. The summed E-state index contributed by atoms with van der Waals surface area (Å²) in [5, 5.41) is 3.57. The summed E-state index contributed by atoms with van der Waals surface area (Å²) >= 11 is 0. The van der Waals surface area contributed by atoms with Gasteiger partial charge in [0.25, 0.3) is 0 Å². The molecule has 2 unspecified atom stereocenters. The van der Waals surface area contributed by atoms with E-state index in [1.54, 1.807) is 0 Å². The SMILES string of the molecule is CCOC(=O)N1CCCC(C(C)NCc2cncc(C)c2)C1. The van der Waals surface area contributed by atoms with Crippen LogP contribution in [0.15, 0.2) is 18.5 Å². The molecule has 0 spiro atoms. The van der Waals surface area contributed by atoms with Gasteiger partial charge in [-0.15, -0.1) is 0 Å². The molecule has 1 aromatic heterocycles. The van der Waals surface area contributed by atoms with Gasteiger partial charge in [0, 0.05) is 38.1 Å². The van der Waals surface area contributed by atoms with Gasteiger partial charge in [0.15, 0.2) is 0 Å².